The Morgan fingerprint density at radius 2 is 1.68 bits per heavy atom. The Kier molecular flexibility index (Phi) is 11.0. The summed E-state index contributed by atoms with van der Waals surface area (Å²) in [4.78, 5) is 28.0. The Balaban J connectivity index is 2.45. The van der Waals surface area contributed by atoms with Gasteiger partial charge in [-0.25, -0.2) is 8.42 Å². The largest absolute Gasteiger partial charge is 0.417 e. The molecule has 0 bridgehead atoms. The molecular weight excluding hydrogens is 543 g/mol. The van der Waals surface area contributed by atoms with Crippen LogP contribution in [0.25, 0.3) is 0 Å². The van der Waals surface area contributed by atoms with E-state index in [9.17, 15) is 31.2 Å². The van der Waals surface area contributed by atoms with Gasteiger partial charge in [-0.2, -0.15) is 13.2 Å². The van der Waals surface area contributed by atoms with E-state index >= 15 is 0 Å². The van der Waals surface area contributed by atoms with E-state index in [-0.39, 0.29) is 30.6 Å². The van der Waals surface area contributed by atoms with Crippen LogP contribution >= 0.6 is 11.6 Å². The maximum Gasteiger partial charge on any atom is 0.417 e. The molecule has 0 aliphatic heterocycles. The molecule has 12 heteroatoms. The highest BCUT2D eigenvalue weighted by molar-refractivity contribution is 7.92. The van der Waals surface area contributed by atoms with Crippen LogP contribution in [0.2, 0.25) is 5.02 Å². The molecule has 0 aliphatic carbocycles. The van der Waals surface area contributed by atoms with Gasteiger partial charge in [0.1, 0.15) is 12.6 Å². The van der Waals surface area contributed by atoms with E-state index in [2.05, 4.69) is 5.32 Å². The fourth-order valence-corrected chi connectivity index (χ4v) is 4.90. The molecule has 0 fully saturated rings. The fourth-order valence-electron chi connectivity index (χ4n) is 3.84. The first-order valence-electron chi connectivity index (χ1n) is 12.2. The van der Waals surface area contributed by atoms with E-state index in [0.29, 0.717) is 23.2 Å². The van der Waals surface area contributed by atoms with Crippen molar-refractivity contribution in [1.82, 2.24) is 10.2 Å². The maximum atomic E-state index is 13.6. The molecule has 2 amide bonds. The molecule has 210 valence electrons. The van der Waals surface area contributed by atoms with Crippen LogP contribution in [0.15, 0.2) is 48.5 Å². The Labute approximate surface area is 227 Å². The number of benzene rings is 2. The van der Waals surface area contributed by atoms with E-state index in [1.54, 1.807) is 6.92 Å². The van der Waals surface area contributed by atoms with Gasteiger partial charge in [0, 0.05) is 12.6 Å². The topological polar surface area (TPSA) is 86.8 Å². The summed E-state index contributed by atoms with van der Waals surface area (Å²) in [7, 11) is -4.19. The number of carbonyl (C=O) groups excluding carboxylic acids is 2. The highest BCUT2D eigenvalue weighted by Crippen LogP contribution is 2.37. The molecule has 2 atom stereocenters. The standard InChI is InChI=1S/C26H33ClF3N3O4S/c1-5-18(3)31-25(35)23(6-2)32(15-14-19-10-8-7-9-11-19)24(34)17-33(38(4,36)37)20-12-13-22(27)21(16-20)26(28,29)30/h7-13,16,18,23H,5-6,14-15,17H2,1-4H3,(H,31,35)/t18-,23+/m0/s1. The molecule has 0 spiro atoms. The number of carbonyl (C=O) groups is 2. The predicted octanol–water partition coefficient (Wildman–Crippen LogP) is 4.89. The molecule has 0 aliphatic rings. The molecule has 0 unspecified atom stereocenters. The lowest BCUT2D eigenvalue weighted by atomic mass is 10.1. The van der Waals surface area contributed by atoms with E-state index in [4.69, 9.17) is 11.6 Å². The van der Waals surface area contributed by atoms with Gasteiger partial charge in [-0.15, -0.1) is 0 Å². The van der Waals surface area contributed by atoms with E-state index in [1.807, 2.05) is 44.2 Å². The first-order valence-corrected chi connectivity index (χ1v) is 14.4. The van der Waals surface area contributed by atoms with Gasteiger partial charge in [-0.3, -0.25) is 13.9 Å². The summed E-state index contributed by atoms with van der Waals surface area (Å²) in [5, 5.41) is 2.26. The SMILES string of the molecule is CC[C@H](C(=O)N[C@@H](C)CC)N(CCc1ccccc1)C(=O)CN(c1ccc(Cl)c(C(F)(F)F)c1)S(C)(=O)=O. The van der Waals surface area contributed by atoms with Gasteiger partial charge < -0.3 is 10.2 Å². The van der Waals surface area contributed by atoms with Crippen molar-refractivity contribution in [2.75, 3.05) is 23.7 Å². The molecule has 38 heavy (non-hydrogen) atoms. The summed E-state index contributed by atoms with van der Waals surface area (Å²) >= 11 is 5.70. The number of hydrogen-bond acceptors (Lipinski definition) is 4. The zero-order valence-electron chi connectivity index (χ0n) is 21.8. The van der Waals surface area contributed by atoms with Crippen molar-refractivity contribution in [2.45, 2.75) is 58.3 Å². The van der Waals surface area contributed by atoms with Crippen molar-refractivity contribution in [3.63, 3.8) is 0 Å². The lowest BCUT2D eigenvalue weighted by molar-refractivity contribution is -0.139. The fraction of sp³-hybridized carbons (Fsp3) is 0.462. The van der Waals surface area contributed by atoms with Crippen LogP contribution < -0.4 is 9.62 Å². The summed E-state index contributed by atoms with van der Waals surface area (Å²) in [5.74, 6) is -1.11. The van der Waals surface area contributed by atoms with Gasteiger partial charge in [0.05, 0.1) is 22.5 Å². The van der Waals surface area contributed by atoms with E-state index in [0.717, 1.165) is 24.0 Å². The molecule has 1 N–H and O–H groups in total. The Hall–Kier alpha value is -2.79. The molecule has 0 saturated heterocycles. The quantitative estimate of drug-likeness (QED) is 0.390. The lowest BCUT2D eigenvalue weighted by Crippen LogP contribution is -2.54. The second kappa shape index (κ2) is 13.3. The minimum absolute atomic E-state index is 0.0985. The number of anilines is 1. The van der Waals surface area contributed by atoms with Gasteiger partial charge in [-0.1, -0.05) is 55.8 Å². The third kappa shape index (κ3) is 8.62. The summed E-state index contributed by atoms with van der Waals surface area (Å²) in [6.07, 6.45) is -2.73. The highest BCUT2D eigenvalue weighted by Gasteiger charge is 2.36. The highest BCUT2D eigenvalue weighted by atomic mass is 35.5. The van der Waals surface area contributed by atoms with Crippen molar-refractivity contribution < 1.29 is 31.2 Å². The number of nitrogens with zero attached hydrogens (tertiary/aromatic N) is 2. The average Bonchev–Trinajstić information content (AvgIpc) is 2.84. The van der Waals surface area contributed by atoms with Crippen LogP contribution in [-0.2, 0) is 32.2 Å². The second-order valence-corrected chi connectivity index (χ2v) is 11.3. The normalized spacial score (nSPS) is 13.5. The molecule has 0 aromatic heterocycles. The molecule has 7 nitrogen and oxygen atoms in total. The van der Waals surface area contributed by atoms with Crippen molar-refractivity contribution in [3.05, 3.63) is 64.7 Å². The van der Waals surface area contributed by atoms with Crippen LogP contribution in [0.1, 0.15) is 44.7 Å². The summed E-state index contributed by atoms with van der Waals surface area (Å²) in [6, 6.07) is 10.8. The summed E-state index contributed by atoms with van der Waals surface area (Å²) in [6.45, 7) is 4.76. The molecule has 2 rings (SSSR count). The Morgan fingerprint density at radius 1 is 1.05 bits per heavy atom. The third-order valence-corrected chi connectivity index (χ3v) is 7.56. The first kappa shape index (κ1) is 31.4. The third-order valence-electron chi connectivity index (χ3n) is 6.09. The second-order valence-electron chi connectivity index (χ2n) is 9.00. The number of hydrogen-bond donors (Lipinski definition) is 1. The average molecular weight is 576 g/mol. The molecular formula is C26H33ClF3N3O4S. The molecule has 0 saturated carbocycles. The number of sulfonamides is 1. The number of rotatable bonds is 12. The monoisotopic (exact) mass is 575 g/mol. The van der Waals surface area contributed by atoms with Crippen LogP contribution in [-0.4, -0.2) is 56.6 Å². The van der Waals surface area contributed by atoms with Gasteiger partial charge in [0.2, 0.25) is 21.8 Å². The molecule has 0 radical (unpaired) electrons. The van der Waals surface area contributed by atoms with Crippen LogP contribution in [0, 0.1) is 0 Å². The van der Waals surface area contributed by atoms with E-state index in [1.165, 1.54) is 4.90 Å². The summed E-state index contributed by atoms with van der Waals surface area (Å²) in [5.41, 5.74) is -0.689. The minimum Gasteiger partial charge on any atom is -0.352 e. The van der Waals surface area contributed by atoms with Gasteiger partial charge in [0.25, 0.3) is 0 Å². The first-order chi connectivity index (χ1) is 17.7. The van der Waals surface area contributed by atoms with Crippen LogP contribution in [0.3, 0.4) is 0 Å². The van der Waals surface area contributed by atoms with Crippen molar-refractivity contribution >= 4 is 39.1 Å². The van der Waals surface area contributed by atoms with Gasteiger partial charge in [0.15, 0.2) is 0 Å². The van der Waals surface area contributed by atoms with Crippen molar-refractivity contribution in [1.29, 1.82) is 0 Å². The Bertz CT molecular complexity index is 1210. The number of alkyl halides is 3. The zero-order chi connectivity index (χ0) is 28.7. The number of halogens is 4. The van der Waals surface area contributed by atoms with Crippen LogP contribution in [0.5, 0.6) is 0 Å². The minimum atomic E-state index is -4.83. The van der Waals surface area contributed by atoms with Crippen molar-refractivity contribution in [3.8, 4) is 0 Å². The number of nitrogens with one attached hydrogen (secondary N) is 1. The predicted molar refractivity (Wildman–Crippen MR) is 142 cm³/mol. The maximum absolute atomic E-state index is 13.6. The molecule has 2 aromatic rings. The van der Waals surface area contributed by atoms with Crippen LogP contribution in [0.4, 0.5) is 18.9 Å². The van der Waals surface area contributed by atoms with E-state index < -0.39 is 45.3 Å². The Morgan fingerprint density at radius 3 is 2.21 bits per heavy atom. The lowest BCUT2D eigenvalue weighted by Gasteiger charge is -2.33. The smallest absolute Gasteiger partial charge is 0.352 e. The zero-order valence-corrected chi connectivity index (χ0v) is 23.3. The molecule has 2 aromatic carbocycles. The van der Waals surface area contributed by atoms with Gasteiger partial charge in [-0.05, 0) is 49.9 Å². The molecule has 0 heterocycles. The van der Waals surface area contributed by atoms with Crippen molar-refractivity contribution in [2.24, 2.45) is 0 Å². The van der Waals surface area contributed by atoms with Gasteiger partial charge >= 0.3 is 6.18 Å². The number of amides is 2. The summed E-state index contributed by atoms with van der Waals surface area (Å²) < 4.78 is 66.2.